The van der Waals surface area contributed by atoms with Crippen molar-refractivity contribution in [3.63, 3.8) is 0 Å². The number of aromatic nitrogens is 3. The molecule has 0 amide bonds. The lowest BCUT2D eigenvalue weighted by Crippen LogP contribution is -2.46. The van der Waals surface area contributed by atoms with E-state index in [1.165, 1.54) is 0 Å². The molecule has 2 rings (SSSR count). The van der Waals surface area contributed by atoms with E-state index in [1.54, 1.807) is 30.7 Å². The van der Waals surface area contributed by atoms with Gasteiger partial charge in [0, 0.05) is 18.3 Å². The molecule has 0 radical (unpaired) electrons. The minimum absolute atomic E-state index is 0.317. The van der Waals surface area contributed by atoms with E-state index in [9.17, 15) is 8.42 Å². The quantitative estimate of drug-likeness (QED) is 0.842. The van der Waals surface area contributed by atoms with Crippen LogP contribution >= 0.6 is 0 Å². The summed E-state index contributed by atoms with van der Waals surface area (Å²) in [5, 5.41) is 0. The highest BCUT2D eigenvalue weighted by Gasteiger charge is 2.25. The largest absolute Gasteiger partial charge is 0.369 e. The van der Waals surface area contributed by atoms with Gasteiger partial charge in [0.2, 0.25) is 16.0 Å². The number of nitrogens with two attached hydrogens (primary N) is 1. The molecule has 0 saturated heterocycles. The monoisotopic (exact) mass is 283 g/mol. The van der Waals surface area contributed by atoms with Crippen LogP contribution in [-0.4, -0.2) is 34.7 Å². The average molecular weight is 283 g/mol. The number of pyridine rings is 1. The Morgan fingerprint density at radius 3 is 2.79 bits per heavy atom. The van der Waals surface area contributed by atoms with Gasteiger partial charge in [-0.1, -0.05) is 0 Å². The van der Waals surface area contributed by atoms with Crippen molar-refractivity contribution in [2.24, 2.45) is 0 Å². The molecule has 0 aliphatic carbocycles. The Kier molecular flexibility index (Phi) is 3.23. The van der Waals surface area contributed by atoms with E-state index in [2.05, 4.69) is 14.7 Å². The fraction of sp³-hybridized carbons (Fsp3) is 0.455. The Bertz CT molecular complexity index is 705. The molecular weight excluding hydrogens is 266 g/mol. The summed E-state index contributed by atoms with van der Waals surface area (Å²) >= 11 is 0. The van der Waals surface area contributed by atoms with Crippen LogP contribution in [0, 0.1) is 0 Å². The van der Waals surface area contributed by atoms with E-state index in [-0.39, 0.29) is 0 Å². The van der Waals surface area contributed by atoms with Crippen molar-refractivity contribution in [1.82, 2.24) is 19.3 Å². The number of nitrogen functional groups attached to an aromatic ring is 1. The van der Waals surface area contributed by atoms with E-state index < -0.39 is 15.6 Å². The van der Waals surface area contributed by atoms with Crippen molar-refractivity contribution >= 4 is 27.1 Å². The summed E-state index contributed by atoms with van der Waals surface area (Å²) in [6.45, 7) is 3.91. The predicted molar refractivity (Wildman–Crippen MR) is 74.0 cm³/mol. The lowest BCUT2D eigenvalue weighted by molar-refractivity contribution is 0.397. The maximum Gasteiger partial charge on any atom is 0.209 e. The number of sulfonamides is 1. The number of hydrogen-bond donors (Lipinski definition) is 2. The zero-order valence-electron chi connectivity index (χ0n) is 11.1. The van der Waals surface area contributed by atoms with E-state index in [4.69, 9.17) is 5.73 Å². The van der Waals surface area contributed by atoms with Gasteiger partial charge >= 0.3 is 0 Å². The molecule has 0 spiro atoms. The highest BCUT2D eigenvalue weighted by Crippen LogP contribution is 2.18. The van der Waals surface area contributed by atoms with Gasteiger partial charge in [-0.25, -0.2) is 23.1 Å². The standard InChI is InChI=1S/C11H17N5O2S/c1-11(2,15-19(3,17)18)7-16-9-8(14-10(16)12)5-4-6-13-9/h4-6,15H,7H2,1-3H3,(H2,12,14). The van der Waals surface area contributed by atoms with Gasteiger partial charge in [0.15, 0.2) is 5.65 Å². The minimum atomic E-state index is -3.30. The zero-order valence-corrected chi connectivity index (χ0v) is 11.9. The van der Waals surface area contributed by atoms with Crippen LogP contribution in [-0.2, 0) is 16.6 Å². The Morgan fingerprint density at radius 2 is 2.16 bits per heavy atom. The Morgan fingerprint density at radius 1 is 1.47 bits per heavy atom. The van der Waals surface area contributed by atoms with Gasteiger partial charge < -0.3 is 5.73 Å². The van der Waals surface area contributed by atoms with Gasteiger partial charge in [0.05, 0.1) is 6.26 Å². The summed E-state index contributed by atoms with van der Waals surface area (Å²) in [4.78, 5) is 8.42. The van der Waals surface area contributed by atoms with Crippen molar-refractivity contribution in [3.8, 4) is 0 Å². The Balaban J connectivity index is 2.38. The number of imidazole rings is 1. The van der Waals surface area contributed by atoms with Gasteiger partial charge in [-0.2, -0.15) is 0 Å². The second-order valence-corrected chi connectivity index (χ2v) is 6.91. The van der Waals surface area contributed by atoms with Gasteiger partial charge in [-0.15, -0.1) is 0 Å². The average Bonchev–Trinajstić information content (AvgIpc) is 2.52. The molecule has 0 saturated carbocycles. The highest BCUT2D eigenvalue weighted by molar-refractivity contribution is 7.88. The third-order valence-corrected chi connectivity index (χ3v) is 3.47. The molecule has 19 heavy (non-hydrogen) atoms. The van der Waals surface area contributed by atoms with Crippen molar-refractivity contribution in [1.29, 1.82) is 0 Å². The molecule has 0 atom stereocenters. The molecule has 2 aromatic rings. The lowest BCUT2D eigenvalue weighted by atomic mass is 10.1. The third-order valence-electron chi connectivity index (χ3n) is 2.55. The molecule has 0 aliphatic rings. The van der Waals surface area contributed by atoms with E-state index in [0.29, 0.717) is 23.7 Å². The molecule has 0 unspecified atom stereocenters. The molecule has 104 valence electrons. The van der Waals surface area contributed by atoms with Crippen LogP contribution in [0.25, 0.3) is 11.2 Å². The molecule has 0 fully saturated rings. The number of rotatable bonds is 4. The molecular formula is C11H17N5O2S. The number of anilines is 1. The van der Waals surface area contributed by atoms with Crippen molar-refractivity contribution in [2.75, 3.05) is 12.0 Å². The smallest absolute Gasteiger partial charge is 0.209 e. The Labute approximate surface area is 111 Å². The number of hydrogen-bond acceptors (Lipinski definition) is 5. The number of fused-ring (bicyclic) bond motifs is 1. The summed E-state index contributed by atoms with van der Waals surface area (Å²) in [6.07, 6.45) is 2.78. The van der Waals surface area contributed by atoms with Crippen LogP contribution in [0.5, 0.6) is 0 Å². The fourth-order valence-electron chi connectivity index (χ4n) is 2.06. The summed E-state index contributed by atoms with van der Waals surface area (Å²) in [6, 6.07) is 3.59. The van der Waals surface area contributed by atoms with Crippen LogP contribution in [0.1, 0.15) is 13.8 Å². The van der Waals surface area contributed by atoms with Crippen molar-refractivity contribution in [3.05, 3.63) is 18.3 Å². The first-order valence-electron chi connectivity index (χ1n) is 5.74. The first kappa shape index (κ1) is 13.8. The molecule has 0 bridgehead atoms. The first-order valence-corrected chi connectivity index (χ1v) is 7.63. The van der Waals surface area contributed by atoms with Gasteiger partial charge in [0.1, 0.15) is 5.52 Å². The molecule has 2 aromatic heterocycles. The molecule has 7 nitrogen and oxygen atoms in total. The highest BCUT2D eigenvalue weighted by atomic mass is 32.2. The van der Waals surface area contributed by atoms with Crippen molar-refractivity contribution in [2.45, 2.75) is 25.9 Å². The van der Waals surface area contributed by atoms with Crippen LogP contribution in [0.2, 0.25) is 0 Å². The second kappa shape index (κ2) is 4.46. The Hall–Kier alpha value is -1.67. The summed E-state index contributed by atoms with van der Waals surface area (Å²) in [5.74, 6) is 0.317. The van der Waals surface area contributed by atoms with Crippen LogP contribution in [0.3, 0.4) is 0 Å². The zero-order chi connectivity index (χ0) is 14.3. The fourth-order valence-corrected chi connectivity index (χ4v) is 3.13. The summed E-state index contributed by atoms with van der Waals surface area (Å²) in [5.41, 5.74) is 6.50. The summed E-state index contributed by atoms with van der Waals surface area (Å²) < 4.78 is 26.9. The molecule has 2 heterocycles. The number of nitrogens with one attached hydrogen (secondary N) is 1. The van der Waals surface area contributed by atoms with E-state index in [0.717, 1.165) is 6.26 Å². The van der Waals surface area contributed by atoms with E-state index in [1.807, 2.05) is 6.07 Å². The molecule has 8 heteroatoms. The molecule has 3 N–H and O–H groups in total. The molecule has 0 aliphatic heterocycles. The van der Waals surface area contributed by atoms with Crippen molar-refractivity contribution < 1.29 is 8.42 Å². The normalized spacial score (nSPS) is 13.0. The van der Waals surface area contributed by atoms with E-state index >= 15 is 0 Å². The number of nitrogens with zero attached hydrogens (tertiary/aromatic N) is 3. The van der Waals surface area contributed by atoms with Gasteiger partial charge in [0.25, 0.3) is 0 Å². The third kappa shape index (κ3) is 3.21. The van der Waals surface area contributed by atoms with Crippen LogP contribution in [0.4, 0.5) is 5.95 Å². The lowest BCUT2D eigenvalue weighted by Gasteiger charge is -2.25. The maximum absolute atomic E-state index is 11.3. The topological polar surface area (TPSA) is 103 Å². The predicted octanol–water partition coefficient (Wildman–Crippen LogP) is 0.341. The summed E-state index contributed by atoms with van der Waals surface area (Å²) in [7, 11) is -3.30. The SMILES string of the molecule is CC(C)(Cn1c(N)nc2cccnc21)NS(C)(=O)=O. The minimum Gasteiger partial charge on any atom is -0.369 e. The van der Waals surface area contributed by atoms with Gasteiger partial charge in [-0.05, 0) is 26.0 Å². The molecule has 0 aromatic carbocycles. The van der Waals surface area contributed by atoms with Crippen LogP contribution < -0.4 is 10.5 Å². The van der Waals surface area contributed by atoms with Crippen LogP contribution in [0.15, 0.2) is 18.3 Å². The van der Waals surface area contributed by atoms with Gasteiger partial charge in [-0.3, -0.25) is 4.57 Å². The second-order valence-electron chi connectivity index (χ2n) is 5.16. The maximum atomic E-state index is 11.3. The first-order chi connectivity index (χ1) is 8.68.